The Hall–Kier alpha value is -2.33. The Morgan fingerprint density at radius 2 is 1.84 bits per heavy atom. The van der Waals surface area contributed by atoms with Gasteiger partial charge < -0.3 is 19.5 Å². The van der Waals surface area contributed by atoms with Crippen LogP contribution in [0.2, 0.25) is 0 Å². The average Bonchev–Trinajstić information content (AvgIpc) is 3.54. The summed E-state index contributed by atoms with van der Waals surface area (Å²) in [6.45, 7) is 7.50. The van der Waals surface area contributed by atoms with Gasteiger partial charge in [-0.2, -0.15) is 0 Å². The number of likely N-dealkylation sites (tertiary alicyclic amines) is 1. The molecule has 8 heteroatoms. The summed E-state index contributed by atoms with van der Waals surface area (Å²) < 4.78 is 11.6. The topological polar surface area (TPSA) is 78.8 Å². The van der Waals surface area contributed by atoms with Crippen molar-refractivity contribution in [2.45, 2.75) is 39.3 Å². The summed E-state index contributed by atoms with van der Waals surface area (Å²) in [5, 5.41) is 6.78. The second kappa shape index (κ2) is 11.5. The van der Waals surface area contributed by atoms with Gasteiger partial charge in [0.05, 0.1) is 18.3 Å². The van der Waals surface area contributed by atoms with Crippen LogP contribution in [-0.4, -0.2) is 42.5 Å². The third-order valence-corrected chi connectivity index (χ3v) is 5.64. The van der Waals surface area contributed by atoms with Gasteiger partial charge in [-0.05, 0) is 64.0 Å². The predicted molar refractivity (Wildman–Crippen MR) is 137 cm³/mol. The molecular weight excluding hydrogens is 517 g/mol. The zero-order valence-electron chi connectivity index (χ0n) is 18.9. The van der Waals surface area contributed by atoms with Crippen LogP contribution >= 0.6 is 24.0 Å². The van der Waals surface area contributed by atoms with Crippen molar-refractivity contribution in [1.82, 2.24) is 20.5 Å². The van der Waals surface area contributed by atoms with E-state index in [1.807, 2.05) is 25.1 Å². The minimum atomic E-state index is 0. The molecule has 0 radical (unpaired) electrons. The molecule has 0 bridgehead atoms. The number of rotatable bonds is 7. The van der Waals surface area contributed by atoms with E-state index in [1.165, 1.54) is 18.4 Å². The first kappa shape index (κ1) is 24.3. The zero-order valence-corrected chi connectivity index (χ0v) is 21.3. The number of aryl methyl sites for hydroxylation is 2. The molecule has 3 heterocycles. The van der Waals surface area contributed by atoms with Gasteiger partial charge >= 0.3 is 0 Å². The molecule has 0 aliphatic carbocycles. The summed E-state index contributed by atoms with van der Waals surface area (Å²) in [6.07, 6.45) is 4.16. The molecule has 32 heavy (non-hydrogen) atoms. The molecule has 1 aliphatic rings. The van der Waals surface area contributed by atoms with Gasteiger partial charge in [0.1, 0.15) is 17.8 Å². The number of nitrogens with zero attached hydrogens (tertiary/aromatic N) is 3. The third-order valence-electron chi connectivity index (χ3n) is 5.64. The molecular formula is C24H32IN5O2. The van der Waals surface area contributed by atoms with Gasteiger partial charge in [-0.1, -0.05) is 17.7 Å². The Labute approximate surface area is 206 Å². The van der Waals surface area contributed by atoms with Crippen LogP contribution in [-0.2, 0) is 6.54 Å². The number of oxazole rings is 1. The number of benzene rings is 1. The first-order valence-electron chi connectivity index (χ1n) is 10.9. The molecule has 1 aliphatic heterocycles. The van der Waals surface area contributed by atoms with E-state index >= 15 is 0 Å². The zero-order chi connectivity index (χ0) is 21.6. The standard InChI is InChI=1S/C24H31N5O2.HI/c1-17-6-9-19(10-7-17)23-28-20(16-30-23)14-26-24(25-3)27-15-21(29-12-4-5-13-29)22-11-8-18(2)31-22;/h6-11,16,21H,4-5,12-15H2,1-3H3,(H2,25,26,27);1H. The maximum absolute atomic E-state index is 5.94. The monoisotopic (exact) mass is 549 g/mol. The van der Waals surface area contributed by atoms with E-state index in [-0.39, 0.29) is 30.0 Å². The van der Waals surface area contributed by atoms with Crippen LogP contribution in [0.15, 0.2) is 56.5 Å². The van der Waals surface area contributed by atoms with Crippen LogP contribution in [0.5, 0.6) is 0 Å². The number of hydrogen-bond donors (Lipinski definition) is 2. The van der Waals surface area contributed by atoms with Crippen molar-refractivity contribution in [1.29, 1.82) is 0 Å². The number of aromatic nitrogens is 1. The van der Waals surface area contributed by atoms with E-state index in [9.17, 15) is 0 Å². The van der Waals surface area contributed by atoms with Crippen molar-refractivity contribution < 1.29 is 8.83 Å². The van der Waals surface area contributed by atoms with Crippen LogP contribution in [0, 0.1) is 13.8 Å². The van der Waals surface area contributed by atoms with Gasteiger partial charge in [-0.3, -0.25) is 9.89 Å². The van der Waals surface area contributed by atoms with Crippen LogP contribution in [0.4, 0.5) is 0 Å². The molecule has 2 N–H and O–H groups in total. The summed E-state index contributed by atoms with van der Waals surface area (Å²) in [6, 6.07) is 12.5. The van der Waals surface area contributed by atoms with Gasteiger partial charge in [0, 0.05) is 19.2 Å². The normalized spacial score (nSPS) is 15.4. The fourth-order valence-corrected chi connectivity index (χ4v) is 3.90. The Kier molecular flexibility index (Phi) is 8.75. The van der Waals surface area contributed by atoms with E-state index in [2.05, 4.69) is 50.6 Å². The van der Waals surface area contributed by atoms with Gasteiger partial charge in [-0.25, -0.2) is 4.98 Å². The van der Waals surface area contributed by atoms with Crippen molar-refractivity contribution in [2.24, 2.45) is 4.99 Å². The highest BCUT2D eigenvalue weighted by Gasteiger charge is 2.26. The smallest absolute Gasteiger partial charge is 0.226 e. The minimum Gasteiger partial charge on any atom is -0.465 e. The molecule has 0 saturated carbocycles. The van der Waals surface area contributed by atoms with Crippen molar-refractivity contribution in [2.75, 3.05) is 26.7 Å². The largest absolute Gasteiger partial charge is 0.465 e. The third kappa shape index (κ3) is 6.13. The number of guanidine groups is 1. The first-order valence-corrected chi connectivity index (χ1v) is 10.9. The molecule has 0 spiro atoms. The lowest BCUT2D eigenvalue weighted by molar-refractivity contribution is 0.213. The van der Waals surface area contributed by atoms with Crippen molar-refractivity contribution in [3.8, 4) is 11.5 Å². The molecule has 1 atom stereocenters. The average molecular weight is 549 g/mol. The Balaban J connectivity index is 0.00000289. The molecule has 172 valence electrons. The molecule has 1 fully saturated rings. The summed E-state index contributed by atoms with van der Waals surface area (Å²) in [5.74, 6) is 3.30. The molecule has 1 unspecified atom stereocenters. The summed E-state index contributed by atoms with van der Waals surface area (Å²) in [4.78, 5) is 11.4. The Morgan fingerprint density at radius 3 is 2.50 bits per heavy atom. The molecule has 7 nitrogen and oxygen atoms in total. The molecule has 1 aromatic carbocycles. The second-order valence-electron chi connectivity index (χ2n) is 8.02. The molecule has 1 saturated heterocycles. The fraction of sp³-hybridized carbons (Fsp3) is 0.417. The highest BCUT2D eigenvalue weighted by Crippen LogP contribution is 2.26. The highest BCUT2D eigenvalue weighted by atomic mass is 127. The van der Waals surface area contributed by atoms with E-state index < -0.39 is 0 Å². The predicted octanol–water partition coefficient (Wildman–Crippen LogP) is 4.67. The van der Waals surface area contributed by atoms with Gasteiger partial charge in [0.25, 0.3) is 0 Å². The van der Waals surface area contributed by atoms with E-state index in [0.29, 0.717) is 12.4 Å². The molecule has 0 amide bonds. The van der Waals surface area contributed by atoms with Gasteiger partial charge in [0.2, 0.25) is 5.89 Å². The van der Waals surface area contributed by atoms with Crippen molar-refractivity contribution in [3.05, 3.63) is 65.4 Å². The summed E-state index contributed by atoms with van der Waals surface area (Å²) >= 11 is 0. The van der Waals surface area contributed by atoms with Crippen LogP contribution < -0.4 is 10.6 Å². The molecule has 2 aromatic heterocycles. The lowest BCUT2D eigenvalue weighted by Crippen LogP contribution is -2.42. The number of aliphatic imine (C=N–C) groups is 1. The molecule has 4 rings (SSSR count). The van der Waals surface area contributed by atoms with Gasteiger partial charge in [-0.15, -0.1) is 24.0 Å². The van der Waals surface area contributed by atoms with Crippen LogP contribution in [0.1, 0.15) is 41.7 Å². The van der Waals surface area contributed by atoms with Crippen LogP contribution in [0.3, 0.4) is 0 Å². The van der Waals surface area contributed by atoms with Crippen LogP contribution in [0.25, 0.3) is 11.5 Å². The first-order chi connectivity index (χ1) is 15.1. The number of furan rings is 1. The van der Waals surface area contributed by atoms with E-state index in [4.69, 9.17) is 8.83 Å². The fourth-order valence-electron chi connectivity index (χ4n) is 3.90. The molecule has 3 aromatic rings. The van der Waals surface area contributed by atoms with E-state index in [1.54, 1.807) is 13.3 Å². The lowest BCUT2D eigenvalue weighted by atomic mass is 10.1. The Bertz CT molecular complexity index is 1010. The highest BCUT2D eigenvalue weighted by molar-refractivity contribution is 14.0. The number of halogens is 1. The SMILES string of the molecule is CN=C(NCc1coc(-c2ccc(C)cc2)n1)NCC(c1ccc(C)o1)N1CCCC1.I. The summed E-state index contributed by atoms with van der Waals surface area (Å²) in [5.41, 5.74) is 3.02. The maximum Gasteiger partial charge on any atom is 0.226 e. The minimum absolute atomic E-state index is 0. The summed E-state index contributed by atoms with van der Waals surface area (Å²) in [7, 11) is 1.78. The Morgan fingerprint density at radius 1 is 1.09 bits per heavy atom. The quantitative estimate of drug-likeness (QED) is 0.254. The van der Waals surface area contributed by atoms with Crippen molar-refractivity contribution in [3.63, 3.8) is 0 Å². The number of nitrogens with one attached hydrogen (secondary N) is 2. The van der Waals surface area contributed by atoms with Gasteiger partial charge in [0.15, 0.2) is 5.96 Å². The van der Waals surface area contributed by atoms with Crippen molar-refractivity contribution >= 4 is 29.9 Å². The van der Waals surface area contributed by atoms with E-state index in [0.717, 1.165) is 48.4 Å². The maximum atomic E-state index is 5.94. The number of hydrogen-bond acceptors (Lipinski definition) is 5. The lowest BCUT2D eigenvalue weighted by Gasteiger charge is -2.26. The second-order valence-corrected chi connectivity index (χ2v) is 8.02.